The van der Waals surface area contributed by atoms with Crippen LogP contribution in [-0.2, 0) is 24.6 Å². The summed E-state index contributed by atoms with van der Waals surface area (Å²) in [5, 5.41) is 10.6. The number of phenolic OH excluding ortho intramolecular Hbond substituents is 1. The third kappa shape index (κ3) is 4.24. The van der Waals surface area contributed by atoms with Gasteiger partial charge in [0.15, 0.2) is 11.6 Å². The molecule has 232 valence electrons. The van der Waals surface area contributed by atoms with E-state index in [1.807, 2.05) is 72.8 Å². The SMILES string of the molecule is O=C1C(c2ccccc2)=CC(=O)C2(c3ccccc3)C1CC1C(=CCC3C(=O)N(c4ccccc4)C(=O)C31)C2c1ccc(O)cc1Cl. The lowest BCUT2D eigenvalue weighted by Gasteiger charge is -2.55. The van der Waals surface area contributed by atoms with E-state index >= 15 is 4.79 Å². The molecule has 6 unspecified atom stereocenters. The predicted octanol–water partition coefficient (Wildman–Crippen LogP) is 7.07. The van der Waals surface area contributed by atoms with Crippen LogP contribution in [0.4, 0.5) is 5.69 Å². The van der Waals surface area contributed by atoms with Gasteiger partial charge in [0.05, 0.1) is 22.9 Å². The number of benzene rings is 4. The number of anilines is 1. The van der Waals surface area contributed by atoms with Gasteiger partial charge in [0.2, 0.25) is 11.8 Å². The molecule has 2 amide bonds. The maximum atomic E-state index is 15.0. The average Bonchev–Trinajstić information content (AvgIpc) is 3.36. The number of carbonyl (C=O) groups excluding carboxylic acids is 4. The molecule has 47 heavy (non-hydrogen) atoms. The Hall–Kier alpha value is -5.07. The van der Waals surface area contributed by atoms with Gasteiger partial charge >= 0.3 is 0 Å². The fraction of sp³-hybridized carbons (Fsp3) is 0.200. The van der Waals surface area contributed by atoms with Crippen molar-refractivity contribution in [3.8, 4) is 5.75 Å². The molecule has 4 aromatic carbocycles. The number of ketones is 2. The molecule has 0 aromatic heterocycles. The maximum absolute atomic E-state index is 15.0. The number of halogens is 1. The van der Waals surface area contributed by atoms with Gasteiger partial charge in [0.1, 0.15) is 5.75 Å². The summed E-state index contributed by atoms with van der Waals surface area (Å²) in [4.78, 5) is 59.5. The summed E-state index contributed by atoms with van der Waals surface area (Å²) in [6.45, 7) is 0. The number of nitrogens with zero attached hydrogens (tertiary/aromatic N) is 1. The minimum Gasteiger partial charge on any atom is -0.508 e. The van der Waals surface area contributed by atoms with Crippen LogP contribution < -0.4 is 4.90 Å². The van der Waals surface area contributed by atoms with Gasteiger partial charge in [-0.05, 0) is 65.8 Å². The summed E-state index contributed by atoms with van der Waals surface area (Å²) in [5.41, 5.74) is 2.22. The van der Waals surface area contributed by atoms with Gasteiger partial charge in [-0.15, -0.1) is 0 Å². The molecular weight excluding hydrogens is 610 g/mol. The molecule has 1 saturated heterocycles. The van der Waals surface area contributed by atoms with Crippen molar-refractivity contribution >= 4 is 46.2 Å². The third-order valence-electron chi connectivity index (χ3n) is 10.7. The van der Waals surface area contributed by atoms with Gasteiger partial charge in [-0.25, -0.2) is 0 Å². The molecule has 2 fully saturated rings. The summed E-state index contributed by atoms with van der Waals surface area (Å²) in [7, 11) is 0. The number of para-hydroxylation sites is 1. The molecule has 1 N–H and O–H groups in total. The number of allylic oxidation sites excluding steroid dienone is 4. The first-order chi connectivity index (χ1) is 22.8. The first kappa shape index (κ1) is 29.3. The van der Waals surface area contributed by atoms with Crippen molar-refractivity contribution in [3.63, 3.8) is 0 Å². The Kier molecular flexibility index (Phi) is 6.88. The normalized spacial score (nSPS) is 28.3. The molecule has 4 aromatic rings. The van der Waals surface area contributed by atoms with E-state index in [9.17, 15) is 19.5 Å². The Morgan fingerprint density at radius 2 is 1.43 bits per heavy atom. The lowest BCUT2D eigenvalue weighted by molar-refractivity contribution is -0.135. The second-order valence-electron chi connectivity index (χ2n) is 12.8. The topological polar surface area (TPSA) is 91.8 Å². The smallest absolute Gasteiger partial charge is 0.238 e. The van der Waals surface area contributed by atoms with Crippen molar-refractivity contribution < 1.29 is 24.3 Å². The number of aromatic hydroxyl groups is 1. The lowest BCUT2D eigenvalue weighted by Crippen LogP contribution is -2.58. The third-order valence-corrected chi connectivity index (χ3v) is 11.0. The minimum absolute atomic E-state index is 0.0264. The van der Waals surface area contributed by atoms with E-state index in [2.05, 4.69) is 0 Å². The van der Waals surface area contributed by atoms with Crippen molar-refractivity contribution in [1.82, 2.24) is 0 Å². The van der Waals surface area contributed by atoms with Crippen LogP contribution in [0.15, 0.2) is 127 Å². The predicted molar refractivity (Wildman–Crippen MR) is 179 cm³/mol. The molecule has 6 atom stereocenters. The van der Waals surface area contributed by atoms with E-state index in [1.165, 1.54) is 23.1 Å². The van der Waals surface area contributed by atoms with Crippen LogP contribution in [0.5, 0.6) is 5.75 Å². The fourth-order valence-corrected chi connectivity index (χ4v) is 9.08. The van der Waals surface area contributed by atoms with E-state index < -0.39 is 35.0 Å². The number of phenols is 1. The van der Waals surface area contributed by atoms with E-state index in [0.29, 0.717) is 34.4 Å². The molecule has 6 nitrogen and oxygen atoms in total. The molecule has 0 radical (unpaired) electrons. The van der Waals surface area contributed by atoms with Crippen LogP contribution in [0.25, 0.3) is 5.57 Å². The van der Waals surface area contributed by atoms with Gasteiger partial charge in [-0.1, -0.05) is 108 Å². The number of rotatable bonds is 4. The highest BCUT2D eigenvalue weighted by atomic mass is 35.5. The number of amides is 2. The number of fused-ring (bicyclic) bond motifs is 4. The standard InChI is InChI=1S/C40H30ClNO5/c41-33-20-26(43)16-17-28(33)36-27-18-19-29-35(39(47)42(38(29)46)25-14-8-3-9-15-25)31(27)21-32-37(45)30(23-10-4-1-5-11-23)22-34(44)40(32,36)24-12-6-2-7-13-24/h1-18,20,22,29,31-32,35-36,43H,19,21H2. The van der Waals surface area contributed by atoms with Crippen LogP contribution >= 0.6 is 11.6 Å². The van der Waals surface area contributed by atoms with Gasteiger partial charge in [-0.2, -0.15) is 0 Å². The molecule has 3 aliphatic carbocycles. The highest BCUT2D eigenvalue weighted by Gasteiger charge is 2.66. The van der Waals surface area contributed by atoms with Crippen LogP contribution in [0.2, 0.25) is 5.02 Å². The van der Waals surface area contributed by atoms with Crippen molar-refractivity contribution in [1.29, 1.82) is 0 Å². The van der Waals surface area contributed by atoms with Gasteiger partial charge in [-0.3, -0.25) is 24.1 Å². The van der Waals surface area contributed by atoms with Crippen molar-refractivity contribution in [2.24, 2.45) is 23.7 Å². The monoisotopic (exact) mass is 639 g/mol. The minimum atomic E-state index is -1.38. The van der Waals surface area contributed by atoms with E-state index in [4.69, 9.17) is 11.6 Å². The number of imide groups is 1. The molecule has 1 heterocycles. The first-order valence-electron chi connectivity index (χ1n) is 15.8. The second kappa shape index (κ2) is 11.0. The Balaban J connectivity index is 1.38. The summed E-state index contributed by atoms with van der Waals surface area (Å²) >= 11 is 6.92. The van der Waals surface area contributed by atoms with Crippen LogP contribution in [0, 0.1) is 23.7 Å². The first-order valence-corrected chi connectivity index (χ1v) is 16.2. The fourth-order valence-electron chi connectivity index (χ4n) is 8.80. The van der Waals surface area contributed by atoms with Crippen LogP contribution in [-0.4, -0.2) is 28.5 Å². The zero-order valence-electron chi connectivity index (χ0n) is 25.3. The molecule has 4 aliphatic rings. The van der Waals surface area contributed by atoms with E-state index in [-0.39, 0.29) is 40.6 Å². The molecule has 1 aliphatic heterocycles. The van der Waals surface area contributed by atoms with Crippen LogP contribution in [0.3, 0.4) is 0 Å². The van der Waals surface area contributed by atoms with Gasteiger partial charge in [0.25, 0.3) is 0 Å². The molecule has 7 heteroatoms. The van der Waals surface area contributed by atoms with Gasteiger partial charge in [0, 0.05) is 22.4 Å². The summed E-state index contributed by atoms with van der Waals surface area (Å²) in [6, 6.07) is 32.2. The summed E-state index contributed by atoms with van der Waals surface area (Å²) in [5.74, 6) is -4.36. The highest BCUT2D eigenvalue weighted by Crippen LogP contribution is 2.64. The van der Waals surface area contributed by atoms with E-state index in [1.54, 1.807) is 30.3 Å². The highest BCUT2D eigenvalue weighted by molar-refractivity contribution is 6.33. The average molecular weight is 640 g/mol. The molecular formula is C40H30ClNO5. The molecule has 1 saturated carbocycles. The summed E-state index contributed by atoms with van der Waals surface area (Å²) in [6.07, 6.45) is 4.02. The number of hydrogen-bond donors (Lipinski definition) is 1. The molecule has 0 spiro atoms. The lowest BCUT2D eigenvalue weighted by atomic mass is 9.44. The largest absolute Gasteiger partial charge is 0.508 e. The number of Topliss-reactive ketones (excluding diaryl/α,β-unsaturated/α-hetero) is 1. The number of hydrogen-bond acceptors (Lipinski definition) is 5. The Morgan fingerprint density at radius 3 is 2.11 bits per heavy atom. The quantitative estimate of drug-likeness (QED) is 0.190. The van der Waals surface area contributed by atoms with Crippen molar-refractivity contribution in [2.75, 3.05) is 4.90 Å². The zero-order valence-corrected chi connectivity index (χ0v) is 26.0. The zero-order chi connectivity index (χ0) is 32.4. The Labute approximate surface area is 277 Å². The second-order valence-corrected chi connectivity index (χ2v) is 13.2. The number of carbonyl (C=O) groups is 4. The van der Waals surface area contributed by atoms with Crippen molar-refractivity contribution in [2.45, 2.75) is 24.2 Å². The maximum Gasteiger partial charge on any atom is 0.238 e. The summed E-state index contributed by atoms with van der Waals surface area (Å²) < 4.78 is 0. The molecule has 0 bridgehead atoms. The van der Waals surface area contributed by atoms with E-state index in [0.717, 1.165) is 5.57 Å². The Bertz CT molecular complexity index is 2020. The van der Waals surface area contributed by atoms with Crippen LogP contribution in [0.1, 0.15) is 35.4 Å². The Morgan fingerprint density at radius 1 is 0.766 bits per heavy atom. The molecule has 8 rings (SSSR count). The van der Waals surface area contributed by atoms with Crippen molar-refractivity contribution in [3.05, 3.63) is 149 Å². The van der Waals surface area contributed by atoms with Gasteiger partial charge < -0.3 is 5.11 Å².